The van der Waals surface area contributed by atoms with Gasteiger partial charge >= 0.3 is 5.97 Å². The number of rotatable bonds is 2. The van der Waals surface area contributed by atoms with Gasteiger partial charge in [-0.2, -0.15) is 0 Å². The molecule has 0 radical (unpaired) electrons. The molecule has 0 aliphatic rings. The number of ether oxygens (including phenoxy) is 1. The summed E-state index contributed by atoms with van der Waals surface area (Å²) in [4.78, 5) is 23.4. The van der Waals surface area contributed by atoms with E-state index in [0.717, 1.165) is 16.8 Å². The Bertz CT molecular complexity index is 626. The first kappa shape index (κ1) is 13.1. The van der Waals surface area contributed by atoms with Gasteiger partial charge in [-0.1, -0.05) is 30.3 Å². The third kappa shape index (κ3) is 2.29. The fourth-order valence-electron chi connectivity index (χ4n) is 2.18. The van der Waals surface area contributed by atoms with E-state index >= 15 is 0 Å². The van der Waals surface area contributed by atoms with Crippen molar-refractivity contribution >= 4 is 11.9 Å². The molecule has 2 rings (SSSR count). The van der Waals surface area contributed by atoms with E-state index in [1.54, 1.807) is 6.07 Å². The minimum atomic E-state index is -0.513. The third-order valence-electron chi connectivity index (χ3n) is 3.04. The Labute approximate surface area is 111 Å². The summed E-state index contributed by atoms with van der Waals surface area (Å²) in [6.45, 7) is 3.24. The molecule has 0 aliphatic heterocycles. The Hall–Kier alpha value is -2.36. The number of benzene rings is 1. The zero-order chi connectivity index (χ0) is 14.0. The number of carbonyl (C=O) groups excluding carboxylic acids is 2. The number of nitrogens with zero attached hydrogens (tertiary/aromatic N) is 1. The SMILES string of the molecule is COC(=O)c1cc(-c2ccccc2)c(C)n1C(C)=O. The van der Waals surface area contributed by atoms with Gasteiger partial charge in [0.2, 0.25) is 5.91 Å². The van der Waals surface area contributed by atoms with Crippen LogP contribution in [-0.4, -0.2) is 23.6 Å². The molecule has 1 heterocycles. The van der Waals surface area contributed by atoms with Crippen LogP contribution in [0.15, 0.2) is 36.4 Å². The molecule has 1 aromatic heterocycles. The van der Waals surface area contributed by atoms with Crippen LogP contribution in [-0.2, 0) is 4.74 Å². The van der Waals surface area contributed by atoms with E-state index in [1.165, 1.54) is 18.6 Å². The molecule has 0 saturated heterocycles. The van der Waals surface area contributed by atoms with Crippen molar-refractivity contribution in [2.75, 3.05) is 7.11 Å². The second-order valence-electron chi connectivity index (χ2n) is 4.24. The molecule has 0 unspecified atom stereocenters. The highest BCUT2D eigenvalue weighted by Crippen LogP contribution is 2.27. The Morgan fingerprint density at radius 1 is 1.16 bits per heavy atom. The van der Waals surface area contributed by atoms with Gasteiger partial charge in [0.1, 0.15) is 5.69 Å². The Balaban J connectivity index is 2.65. The van der Waals surface area contributed by atoms with Gasteiger partial charge in [-0.25, -0.2) is 4.79 Å². The number of hydrogen-bond acceptors (Lipinski definition) is 3. The first-order chi connectivity index (χ1) is 9.06. The maximum Gasteiger partial charge on any atom is 0.355 e. The van der Waals surface area contributed by atoms with Crippen molar-refractivity contribution in [3.05, 3.63) is 47.8 Å². The largest absolute Gasteiger partial charge is 0.464 e. The van der Waals surface area contributed by atoms with Crippen LogP contribution in [0.25, 0.3) is 11.1 Å². The minimum absolute atomic E-state index is 0.208. The molecule has 0 amide bonds. The van der Waals surface area contributed by atoms with Crippen LogP contribution in [0.3, 0.4) is 0 Å². The van der Waals surface area contributed by atoms with Gasteiger partial charge in [-0.05, 0) is 18.6 Å². The molecule has 98 valence electrons. The van der Waals surface area contributed by atoms with Crippen LogP contribution in [0.2, 0.25) is 0 Å². The van der Waals surface area contributed by atoms with Crippen molar-refractivity contribution in [2.45, 2.75) is 13.8 Å². The highest BCUT2D eigenvalue weighted by atomic mass is 16.5. The molecule has 2 aromatic rings. The molecule has 0 spiro atoms. The van der Waals surface area contributed by atoms with E-state index in [0.29, 0.717) is 0 Å². The summed E-state index contributed by atoms with van der Waals surface area (Å²) < 4.78 is 6.10. The predicted octanol–water partition coefficient (Wildman–Crippen LogP) is 2.91. The Morgan fingerprint density at radius 2 is 1.79 bits per heavy atom. The lowest BCUT2D eigenvalue weighted by molar-refractivity contribution is 0.0581. The fourth-order valence-corrected chi connectivity index (χ4v) is 2.18. The van der Waals surface area contributed by atoms with Crippen LogP contribution >= 0.6 is 0 Å². The zero-order valence-electron chi connectivity index (χ0n) is 11.1. The van der Waals surface area contributed by atoms with Crippen molar-refractivity contribution in [3.8, 4) is 11.1 Å². The first-order valence-electron chi connectivity index (χ1n) is 5.93. The van der Waals surface area contributed by atoms with E-state index in [4.69, 9.17) is 4.74 Å². The predicted molar refractivity (Wildman–Crippen MR) is 72.2 cm³/mol. The minimum Gasteiger partial charge on any atom is -0.464 e. The summed E-state index contributed by atoms with van der Waals surface area (Å²) >= 11 is 0. The number of esters is 1. The lowest BCUT2D eigenvalue weighted by Crippen LogP contribution is -2.16. The fraction of sp³-hybridized carbons (Fsp3) is 0.200. The molecular formula is C15H15NO3. The van der Waals surface area contributed by atoms with Crippen LogP contribution < -0.4 is 0 Å². The van der Waals surface area contributed by atoms with Gasteiger partial charge < -0.3 is 4.74 Å². The van der Waals surface area contributed by atoms with Gasteiger partial charge in [0, 0.05) is 18.2 Å². The van der Waals surface area contributed by atoms with Gasteiger partial charge in [0.15, 0.2) is 0 Å². The molecule has 4 nitrogen and oxygen atoms in total. The average Bonchev–Trinajstić information content (AvgIpc) is 2.76. The van der Waals surface area contributed by atoms with E-state index < -0.39 is 5.97 Å². The topological polar surface area (TPSA) is 48.3 Å². The molecule has 1 aromatic carbocycles. The quantitative estimate of drug-likeness (QED) is 0.777. The second kappa shape index (κ2) is 5.10. The van der Waals surface area contributed by atoms with E-state index in [-0.39, 0.29) is 11.6 Å². The molecule has 0 N–H and O–H groups in total. The van der Waals surface area contributed by atoms with Crippen molar-refractivity contribution < 1.29 is 14.3 Å². The normalized spacial score (nSPS) is 10.3. The maximum atomic E-state index is 11.7. The highest BCUT2D eigenvalue weighted by Gasteiger charge is 2.21. The van der Waals surface area contributed by atoms with Crippen molar-refractivity contribution in [3.63, 3.8) is 0 Å². The molecular weight excluding hydrogens is 242 g/mol. The van der Waals surface area contributed by atoms with Gasteiger partial charge in [-0.15, -0.1) is 0 Å². The lowest BCUT2D eigenvalue weighted by atomic mass is 10.1. The van der Waals surface area contributed by atoms with Crippen molar-refractivity contribution in [2.24, 2.45) is 0 Å². The summed E-state index contributed by atoms with van der Waals surface area (Å²) in [7, 11) is 1.30. The standard InChI is InChI=1S/C15H15NO3/c1-10-13(12-7-5-4-6-8-12)9-14(15(18)19-3)16(10)11(2)17/h4-9H,1-3H3. The molecule has 4 heteroatoms. The summed E-state index contributed by atoms with van der Waals surface area (Å²) in [5.41, 5.74) is 2.81. The lowest BCUT2D eigenvalue weighted by Gasteiger charge is -2.06. The van der Waals surface area contributed by atoms with Crippen LogP contribution in [0, 0.1) is 6.92 Å². The van der Waals surface area contributed by atoms with E-state index in [2.05, 4.69) is 0 Å². The first-order valence-corrected chi connectivity index (χ1v) is 5.93. The van der Waals surface area contributed by atoms with Crippen LogP contribution in [0.5, 0.6) is 0 Å². The van der Waals surface area contributed by atoms with Crippen LogP contribution in [0.4, 0.5) is 0 Å². The number of carbonyl (C=O) groups is 2. The highest BCUT2D eigenvalue weighted by molar-refractivity contribution is 5.96. The molecule has 0 bridgehead atoms. The van der Waals surface area contributed by atoms with E-state index in [1.807, 2.05) is 37.3 Å². The Morgan fingerprint density at radius 3 is 2.32 bits per heavy atom. The molecule has 0 saturated carbocycles. The molecule has 0 fully saturated rings. The molecule has 19 heavy (non-hydrogen) atoms. The second-order valence-corrected chi connectivity index (χ2v) is 4.24. The number of methoxy groups -OCH3 is 1. The van der Waals surface area contributed by atoms with Gasteiger partial charge in [0.25, 0.3) is 0 Å². The monoisotopic (exact) mass is 257 g/mol. The molecule has 0 atom stereocenters. The molecule has 0 aliphatic carbocycles. The van der Waals surface area contributed by atoms with Crippen LogP contribution in [0.1, 0.15) is 27.9 Å². The summed E-state index contributed by atoms with van der Waals surface area (Å²) in [5.74, 6) is -0.722. The third-order valence-corrected chi connectivity index (χ3v) is 3.04. The smallest absolute Gasteiger partial charge is 0.355 e. The van der Waals surface area contributed by atoms with Crippen molar-refractivity contribution in [1.82, 2.24) is 4.57 Å². The maximum absolute atomic E-state index is 11.7. The van der Waals surface area contributed by atoms with Gasteiger partial charge in [0.05, 0.1) is 7.11 Å². The average molecular weight is 257 g/mol. The van der Waals surface area contributed by atoms with Crippen molar-refractivity contribution in [1.29, 1.82) is 0 Å². The number of aromatic nitrogens is 1. The Kier molecular flexibility index (Phi) is 3.51. The summed E-state index contributed by atoms with van der Waals surface area (Å²) in [5, 5.41) is 0. The van der Waals surface area contributed by atoms with Gasteiger partial charge in [-0.3, -0.25) is 9.36 Å². The zero-order valence-corrected chi connectivity index (χ0v) is 11.1. The summed E-state index contributed by atoms with van der Waals surface area (Å²) in [6, 6.07) is 11.3. The summed E-state index contributed by atoms with van der Waals surface area (Å²) in [6.07, 6.45) is 0. The number of hydrogen-bond donors (Lipinski definition) is 0. The van der Waals surface area contributed by atoms with E-state index in [9.17, 15) is 9.59 Å².